The van der Waals surface area contributed by atoms with Gasteiger partial charge in [0.15, 0.2) is 0 Å². The van der Waals surface area contributed by atoms with E-state index >= 15 is 0 Å². The molecule has 19 heavy (non-hydrogen) atoms. The number of rotatable bonds is 6. The van der Waals surface area contributed by atoms with Crippen LogP contribution in [0.2, 0.25) is 0 Å². The van der Waals surface area contributed by atoms with Crippen molar-refractivity contribution in [2.75, 3.05) is 25.5 Å². The predicted octanol–water partition coefficient (Wildman–Crippen LogP) is 1.25. The SMILES string of the molecule is CC(C)CC(CN)NC(=O)c1ccc(N(C)C)nc1. The average molecular weight is 264 g/mol. The molecule has 0 aliphatic rings. The lowest BCUT2D eigenvalue weighted by atomic mass is 10.0. The molecular formula is C14H24N4O. The Labute approximate surface area is 115 Å². The molecule has 1 aromatic rings. The number of nitrogens with one attached hydrogen (secondary N) is 1. The van der Waals surface area contributed by atoms with E-state index < -0.39 is 0 Å². The minimum absolute atomic E-state index is 0.0148. The van der Waals surface area contributed by atoms with E-state index in [4.69, 9.17) is 5.73 Å². The van der Waals surface area contributed by atoms with Crippen molar-refractivity contribution in [3.05, 3.63) is 23.9 Å². The second-order valence-electron chi connectivity index (χ2n) is 5.34. The van der Waals surface area contributed by atoms with E-state index in [0.717, 1.165) is 12.2 Å². The summed E-state index contributed by atoms with van der Waals surface area (Å²) in [5.41, 5.74) is 6.24. The highest BCUT2D eigenvalue weighted by Crippen LogP contribution is 2.09. The minimum Gasteiger partial charge on any atom is -0.363 e. The van der Waals surface area contributed by atoms with Crippen molar-refractivity contribution >= 4 is 11.7 Å². The van der Waals surface area contributed by atoms with Gasteiger partial charge in [-0.2, -0.15) is 0 Å². The zero-order valence-corrected chi connectivity index (χ0v) is 12.2. The van der Waals surface area contributed by atoms with Crippen LogP contribution in [0.1, 0.15) is 30.6 Å². The van der Waals surface area contributed by atoms with Gasteiger partial charge in [0.1, 0.15) is 5.82 Å². The van der Waals surface area contributed by atoms with E-state index in [-0.39, 0.29) is 11.9 Å². The van der Waals surface area contributed by atoms with Gasteiger partial charge in [-0.15, -0.1) is 0 Å². The molecule has 0 aliphatic carbocycles. The number of carbonyl (C=O) groups is 1. The Balaban J connectivity index is 2.66. The normalized spacial score (nSPS) is 12.3. The molecule has 106 valence electrons. The summed E-state index contributed by atoms with van der Waals surface area (Å²) in [6.45, 7) is 4.68. The maximum absolute atomic E-state index is 12.1. The van der Waals surface area contributed by atoms with E-state index in [9.17, 15) is 4.79 Å². The Morgan fingerprint density at radius 1 is 1.42 bits per heavy atom. The van der Waals surface area contributed by atoms with Crippen molar-refractivity contribution < 1.29 is 4.79 Å². The topological polar surface area (TPSA) is 71.2 Å². The predicted molar refractivity (Wildman–Crippen MR) is 78.3 cm³/mol. The molecule has 0 bridgehead atoms. The number of hydrogen-bond donors (Lipinski definition) is 2. The van der Waals surface area contributed by atoms with Crippen molar-refractivity contribution in [3.63, 3.8) is 0 Å². The molecule has 1 aromatic heterocycles. The number of carbonyl (C=O) groups excluding carboxylic acids is 1. The zero-order valence-electron chi connectivity index (χ0n) is 12.2. The van der Waals surface area contributed by atoms with Crippen LogP contribution in [0.5, 0.6) is 0 Å². The summed E-state index contributed by atoms with van der Waals surface area (Å²) in [7, 11) is 3.82. The summed E-state index contributed by atoms with van der Waals surface area (Å²) in [6, 6.07) is 3.62. The quantitative estimate of drug-likeness (QED) is 0.811. The number of pyridine rings is 1. The van der Waals surface area contributed by atoms with Crippen LogP contribution >= 0.6 is 0 Å². The summed E-state index contributed by atoms with van der Waals surface area (Å²) in [5.74, 6) is 1.21. The first kappa shape index (κ1) is 15.4. The highest BCUT2D eigenvalue weighted by molar-refractivity contribution is 5.94. The fraction of sp³-hybridized carbons (Fsp3) is 0.571. The maximum Gasteiger partial charge on any atom is 0.253 e. The molecule has 1 amide bonds. The first-order valence-electron chi connectivity index (χ1n) is 6.58. The molecule has 0 spiro atoms. The average Bonchev–Trinajstić information content (AvgIpc) is 2.37. The number of anilines is 1. The Bertz CT molecular complexity index is 400. The minimum atomic E-state index is -0.117. The van der Waals surface area contributed by atoms with Crippen LogP contribution in [-0.2, 0) is 0 Å². The van der Waals surface area contributed by atoms with Gasteiger partial charge >= 0.3 is 0 Å². The van der Waals surface area contributed by atoms with Gasteiger partial charge < -0.3 is 16.0 Å². The van der Waals surface area contributed by atoms with Crippen LogP contribution < -0.4 is 16.0 Å². The van der Waals surface area contributed by atoms with E-state index in [1.165, 1.54) is 0 Å². The van der Waals surface area contributed by atoms with Crippen molar-refractivity contribution in [1.82, 2.24) is 10.3 Å². The van der Waals surface area contributed by atoms with Crippen molar-refractivity contribution in [3.8, 4) is 0 Å². The highest BCUT2D eigenvalue weighted by atomic mass is 16.1. The lowest BCUT2D eigenvalue weighted by Crippen LogP contribution is -2.41. The molecule has 3 N–H and O–H groups in total. The second kappa shape index (κ2) is 7.09. The zero-order chi connectivity index (χ0) is 14.4. The molecule has 0 saturated heterocycles. The summed E-state index contributed by atoms with van der Waals surface area (Å²) in [4.78, 5) is 18.2. The van der Waals surface area contributed by atoms with Crippen LogP contribution in [0.15, 0.2) is 18.3 Å². The summed E-state index contributed by atoms with van der Waals surface area (Å²) in [5, 5.41) is 2.95. The molecule has 1 atom stereocenters. The first-order valence-corrected chi connectivity index (χ1v) is 6.58. The second-order valence-corrected chi connectivity index (χ2v) is 5.34. The van der Waals surface area contributed by atoms with Gasteiger partial charge in [-0.1, -0.05) is 13.8 Å². The van der Waals surface area contributed by atoms with Gasteiger partial charge in [0.25, 0.3) is 5.91 Å². The molecule has 1 rings (SSSR count). The number of amides is 1. The van der Waals surface area contributed by atoms with Gasteiger partial charge in [-0.3, -0.25) is 4.79 Å². The van der Waals surface area contributed by atoms with Gasteiger partial charge in [-0.05, 0) is 24.5 Å². The molecule has 0 fully saturated rings. The number of nitrogens with zero attached hydrogens (tertiary/aromatic N) is 2. The third-order valence-corrected chi connectivity index (χ3v) is 2.84. The number of nitrogens with two attached hydrogens (primary N) is 1. The molecule has 1 unspecified atom stereocenters. The van der Waals surface area contributed by atoms with E-state index in [1.54, 1.807) is 12.3 Å². The summed E-state index contributed by atoms with van der Waals surface area (Å²) >= 11 is 0. The number of hydrogen-bond acceptors (Lipinski definition) is 4. The van der Waals surface area contributed by atoms with E-state index in [1.807, 2.05) is 25.1 Å². The highest BCUT2D eigenvalue weighted by Gasteiger charge is 2.14. The van der Waals surface area contributed by atoms with Crippen LogP contribution in [0, 0.1) is 5.92 Å². The first-order chi connectivity index (χ1) is 8.93. The van der Waals surface area contributed by atoms with Gasteiger partial charge in [0.2, 0.25) is 0 Å². The van der Waals surface area contributed by atoms with Crippen LogP contribution in [0.3, 0.4) is 0 Å². The lowest BCUT2D eigenvalue weighted by Gasteiger charge is -2.19. The van der Waals surface area contributed by atoms with Gasteiger partial charge in [-0.25, -0.2) is 4.98 Å². The Kier molecular flexibility index (Phi) is 5.76. The fourth-order valence-electron chi connectivity index (χ4n) is 1.84. The molecule has 0 aliphatic heterocycles. The Morgan fingerprint density at radius 3 is 2.53 bits per heavy atom. The fourth-order valence-corrected chi connectivity index (χ4v) is 1.84. The van der Waals surface area contributed by atoms with Crippen molar-refractivity contribution in [2.24, 2.45) is 11.7 Å². The van der Waals surface area contributed by atoms with E-state index in [0.29, 0.717) is 18.0 Å². The summed E-state index contributed by atoms with van der Waals surface area (Å²) < 4.78 is 0. The number of aromatic nitrogens is 1. The monoisotopic (exact) mass is 264 g/mol. The van der Waals surface area contributed by atoms with Crippen LogP contribution in [0.25, 0.3) is 0 Å². The molecule has 5 nitrogen and oxygen atoms in total. The molecular weight excluding hydrogens is 240 g/mol. The maximum atomic E-state index is 12.1. The molecule has 5 heteroatoms. The smallest absolute Gasteiger partial charge is 0.253 e. The molecule has 0 aromatic carbocycles. The standard InChI is InChI=1S/C14H24N4O/c1-10(2)7-12(8-15)17-14(19)11-5-6-13(16-9-11)18(3)4/h5-6,9-10,12H,7-8,15H2,1-4H3,(H,17,19). The Hall–Kier alpha value is -1.62. The van der Waals surface area contributed by atoms with Crippen LogP contribution in [-0.4, -0.2) is 37.6 Å². The van der Waals surface area contributed by atoms with Crippen molar-refractivity contribution in [2.45, 2.75) is 26.3 Å². The Morgan fingerprint density at radius 2 is 2.11 bits per heavy atom. The molecule has 0 radical (unpaired) electrons. The summed E-state index contributed by atoms with van der Waals surface area (Å²) in [6.07, 6.45) is 2.47. The lowest BCUT2D eigenvalue weighted by molar-refractivity contribution is 0.0933. The molecule has 0 saturated carbocycles. The third-order valence-electron chi connectivity index (χ3n) is 2.84. The van der Waals surface area contributed by atoms with Gasteiger partial charge in [0, 0.05) is 32.9 Å². The van der Waals surface area contributed by atoms with Crippen LogP contribution in [0.4, 0.5) is 5.82 Å². The van der Waals surface area contributed by atoms with E-state index in [2.05, 4.69) is 24.1 Å². The van der Waals surface area contributed by atoms with Gasteiger partial charge in [0.05, 0.1) is 5.56 Å². The third kappa shape index (κ3) is 4.87. The largest absolute Gasteiger partial charge is 0.363 e. The van der Waals surface area contributed by atoms with Crippen molar-refractivity contribution in [1.29, 1.82) is 0 Å². The molecule has 1 heterocycles.